The molecule has 0 saturated carbocycles. The van der Waals surface area contributed by atoms with Gasteiger partial charge in [0.25, 0.3) is 0 Å². The number of benzene rings is 3. The van der Waals surface area contributed by atoms with Crippen LogP contribution in [-0.4, -0.2) is 26.0 Å². The van der Waals surface area contributed by atoms with Crippen LogP contribution in [0, 0.1) is 0 Å². The fourth-order valence-electron chi connectivity index (χ4n) is 2.94. The molecule has 0 aliphatic heterocycles. The first-order valence-electron chi connectivity index (χ1n) is 8.70. The molecule has 1 heterocycles. The molecule has 0 aliphatic carbocycles. The van der Waals surface area contributed by atoms with Crippen LogP contribution in [-0.2, 0) is 0 Å². The van der Waals surface area contributed by atoms with E-state index in [1.165, 1.54) is 0 Å². The topological polar surface area (TPSA) is 97.3 Å². The van der Waals surface area contributed by atoms with Crippen molar-refractivity contribution in [2.24, 2.45) is 10.9 Å². The number of nitrogens with two attached hydrogens (primary N) is 1. The Hall–Kier alpha value is -4.06. The maximum absolute atomic E-state index is 10.2. The van der Waals surface area contributed by atoms with E-state index in [1.54, 1.807) is 24.3 Å². The molecule has 6 heteroatoms. The Morgan fingerprint density at radius 1 is 0.714 bits per heavy atom. The zero-order valence-electron chi connectivity index (χ0n) is 14.9. The number of hydrogen-bond acceptors (Lipinski definition) is 6. The second-order valence-electron chi connectivity index (χ2n) is 6.06. The SMILES string of the molecule is N/N=C(/c1nnc(-c2ccccc2)c(-c2ccccc2)n1)c1ccccc1O. The van der Waals surface area contributed by atoms with E-state index >= 15 is 0 Å². The quantitative estimate of drug-likeness (QED) is 0.326. The van der Waals surface area contributed by atoms with E-state index in [-0.39, 0.29) is 17.3 Å². The van der Waals surface area contributed by atoms with Crippen LogP contribution in [0.4, 0.5) is 0 Å². The van der Waals surface area contributed by atoms with Crippen LogP contribution >= 0.6 is 0 Å². The summed E-state index contributed by atoms with van der Waals surface area (Å²) in [6.07, 6.45) is 0. The summed E-state index contributed by atoms with van der Waals surface area (Å²) in [5.74, 6) is 5.90. The number of rotatable bonds is 4. The molecular formula is C22H17N5O. The molecule has 0 aliphatic rings. The third kappa shape index (κ3) is 3.31. The van der Waals surface area contributed by atoms with E-state index in [0.29, 0.717) is 17.0 Å². The maximum atomic E-state index is 10.2. The van der Waals surface area contributed by atoms with Gasteiger partial charge in [0, 0.05) is 16.7 Å². The molecule has 4 rings (SSSR count). The average Bonchev–Trinajstić information content (AvgIpc) is 2.77. The molecule has 0 spiro atoms. The molecule has 136 valence electrons. The summed E-state index contributed by atoms with van der Waals surface area (Å²) in [6, 6.07) is 26.2. The molecule has 0 saturated heterocycles. The van der Waals surface area contributed by atoms with Crippen molar-refractivity contribution in [3.05, 3.63) is 96.3 Å². The molecule has 3 aromatic carbocycles. The number of aromatic nitrogens is 3. The van der Waals surface area contributed by atoms with Gasteiger partial charge in [0.2, 0.25) is 5.82 Å². The summed E-state index contributed by atoms with van der Waals surface area (Å²) >= 11 is 0. The highest BCUT2D eigenvalue weighted by atomic mass is 16.3. The van der Waals surface area contributed by atoms with Gasteiger partial charge in [-0.1, -0.05) is 72.8 Å². The Balaban J connectivity index is 1.91. The van der Waals surface area contributed by atoms with Crippen LogP contribution in [0.15, 0.2) is 90.0 Å². The molecule has 0 fully saturated rings. The second kappa shape index (κ2) is 7.67. The van der Waals surface area contributed by atoms with Crippen molar-refractivity contribution in [2.45, 2.75) is 0 Å². The molecule has 0 bridgehead atoms. The Morgan fingerprint density at radius 3 is 1.89 bits per heavy atom. The van der Waals surface area contributed by atoms with Crippen LogP contribution in [0.5, 0.6) is 5.75 Å². The summed E-state index contributed by atoms with van der Waals surface area (Å²) in [7, 11) is 0. The Kier molecular flexibility index (Phi) is 4.76. The Morgan fingerprint density at radius 2 is 1.29 bits per heavy atom. The number of para-hydroxylation sites is 1. The normalized spacial score (nSPS) is 11.4. The first-order chi connectivity index (χ1) is 13.8. The van der Waals surface area contributed by atoms with Crippen molar-refractivity contribution in [1.82, 2.24) is 15.2 Å². The zero-order valence-corrected chi connectivity index (χ0v) is 14.9. The van der Waals surface area contributed by atoms with Gasteiger partial charge in [-0.3, -0.25) is 0 Å². The van der Waals surface area contributed by atoms with Gasteiger partial charge in [-0.2, -0.15) is 5.10 Å². The third-order valence-electron chi connectivity index (χ3n) is 4.28. The number of hydrazone groups is 1. The standard InChI is InChI=1S/C22H17N5O/c23-25-21(17-13-7-8-14-18(17)28)22-24-19(15-9-3-1-4-10-15)20(26-27-22)16-11-5-2-6-12-16/h1-14,28H,23H2/b25-21+. The van der Waals surface area contributed by atoms with Crippen LogP contribution in [0.3, 0.4) is 0 Å². The van der Waals surface area contributed by atoms with E-state index in [0.717, 1.165) is 11.1 Å². The summed E-state index contributed by atoms with van der Waals surface area (Å²) in [4.78, 5) is 4.71. The second-order valence-corrected chi connectivity index (χ2v) is 6.06. The zero-order chi connectivity index (χ0) is 19.3. The largest absolute Gasteiger partial charge is 0.507 e. The number of phenols is 1. The molecule has 0 unspecified atom stereocenters. The van der Waals surface area contributed by atoms with Gasteiger partial charge in [-0.25, -0.2) is 4.98 Å². The monoisotopic (exact) mass is 367 g/mol. The molecule has 0 atom stereocenters. The fraction of sp³-hybridized carbons (Fsp3) is 0. The smallest absolute Gasteiger partial charge is 0.203 e. The highest BCUT2D eigenvalue weighted by Gasteiger charge is 2.19. The lowest BCUT2D eigenvalue weighted by molar-refractivity contribution is 0.474. The first-order valence-corrected chi connectivity index (χ1v) is 8.70. The van der Waals surface area contributed by atoms with Gasteiger partial charge in [0.1, 0.15) is 22.8 Å². The van der Waals surface area contributed by atoms with Gasteiger partial charge in [-0.05, 0) is 12.1 Å². The summed E-state index contributed by atoms with van der Waals surface area (Å²) in [5.41, 5.74) is 3.83. The highest BCUT2D eigenvalue weighted by molar-refractivity contribution is 6.12. The molecule has 3 N–H and O–H groups in total. The predicted octanol–water partition coefficient (Wildman–Crippen LogP) is 3.62. The van der Waals surface area contributed by atoms with Crippen LogP contribution in [0.1, 0.15) is 11.4 Å². The van der Waals surface area contributed by atoms with E-state index in [1.807, 2.05) is 60.7 Å². The summed E-state index contributed by atoms with van der Waals surface area (Å²) in [5, 5.41) is 22.7. The van der Waals surface area contributed by atoms with Gasteiger partial charge in [0.15, 0.2) is 0 Å². The molecule has 4 aromatic rings. The maximum Gasteiger partial charge on any atom is 0.203 e. The summed E-state index contributed by atoms with van der Waals surface area (Å²) in [6.45, 7) is 0. The number of phenolic OH excluding ortho intramolecular Hbond substituents is 1. The Bertz CT molecular complexity index is 1130. The van der Waals surface area contributed by atoms with Gasteiger partial charge >= 0.3 is 0 Å². The third-order valence-corrected chi connectivity index (χ3v) is 4.28. The number of hydrogen-bond donors (Lipinski definition) is 2. The van der Waals surface area contributed by atoms with Gasteiger partial charge in [0.05, 0.1) is 0 Å². The lowest BCUT2D eigenvalue weighted by Crippen LogP contribution is -2.14. The van der Waals surface area contributed by atoms with Crippen molar-refractivity contribution in [3.63, 3.8) is 0 Å². The minimum absolute atomic E-state index is 0.0451. The molecule has 1 aromatic heterocycles. The average molecular weight is 367 g/mol. The van der Waals surface area contributed by atoms with E-state index < -0.39 is 0 Å². The minimum Gasteiger partial charge on any atom is -0.507 e. The van der Waals surface area contributed by atoms with E-state index in [9.17, 15) is 5.11 Å². The van der Waals surface area contributed by atoms with E-state index in [4.69, 9.17) is 10.8 Å². The predicted molar refractivity (Wildman–Crippen MR) is 109 cm³/mol. The van der Waals surface area contributed by atoms with Crippen molar-refractivity contribution in [3.8, 4) is 28.3 Å². The number of nitrogens with zero attached hydrogens (tertiary/aromatic N) is 4. The van der Waals surface area contributed by atoms with Crippen molar-refractivity contribution in [2.75, 3.05) is 0 Å². The van der Waals surface area contributed by atoms with Crippen molar-refractivity contribution in [1.29, 1.82) is 0 Å². The first kappa shape index (κ1) is 17.4. The number of aromatic hydroxyl groups is 1. The fourth-order valence-corrected chi connectivity index (χ4v) is 2.94. The van der Waals surface area contributed by atoms with Crippen LogP contribution in [0.25, 0.3) is 22.5 Å². The molecule has 28 heavy (non-hydrogen) atoms. The van der Waals surface area contributed by atoms with Crippen LogP contribution < -0.4 is 5.84 Å². The molecule has 0 radical (unpaired) electrons. The highest BCUT2D eigenvalue weighted by Crippen LogP contribution is 2.29. The lowest BCUT2D eigenvalue weighted by Gasteiger charge is -2.11. The van der Waals surface area contributed by atoms with E-state index in [2.05, 4.69) is 15.3 Å². The lowest BCUT2D eigenvalue weighted by atomic mass is 10.0. The Labute approximate surface area is 162 Å². The van der Waals surface area contributed by atoms with Gasteiger partial charge < -0.3 is 10.9 Å². The molecule has 0 amide bonds. The molecule has 6 nitrogen and oxygen atoms in total. The van der Waals surface area contributed by atoms with Crippen LogP contribution in [0.2, 0.25) is 0 Å². The molecular weight excluding hydrogens is 350 g/mol. The summed E-state index contributed by atoms with van der Waals surface area (Å²) < 4.78 is 0. The van der Waals surface area contributed by atoms with Crippen molar-refractivity contribution >= 4 is 5.71 Å². The minimum atomic E-state index is 0.0451. The van der Waals surface area contributed by atoms with Crippen molar-refractivity contribution < 1.29 is 5.11 Å². The van der Waals surface area contributed by atoms with Gasteiger partial charge in [-0.15, -0.1) is 10.2 Å².